The van der Waals surface area contributed by atoms with Gasteiger partial charge >= 0.3 is 0 Å². The molecule has 0 spiro atoms. The number of nitrogens with two attached hydrogens (primary N) is 1. The molecule has 0 aromatic heterocycles. The van der Waals surface area contributed by atoms with Crippen LogP contribution in [-0.4, -0.2) is 37.0 Å². The smallest absolute Gasteiger partial charge is 0.225 e. The lowest BCUT2D eigenvalue weighted by molar-refractivity contribution is -0.137. The van der Waals surface area contributed by atoms with Crippen molar-refractivity contribution < 1.29 is 9.53 Å². The molecular formula is C21H30N2O2. The SMILES string of the molecule is COc1ccccc1C1CCN(C(=O)C2CC3CCCC(C2)C3N)C1. The molecule has 4 nitrogen and oxygen atoms in total. The van der Waals surface area contributed by atoms with Crippen molar-refractivity contribution in [2.75, 3.05) is 20.2 Å². The van der Waals surface area contributed by atoms with Crippen molar-refractivity contribution in [2.24, 2.45) is 23.5 Å². The summed E-state index contributed by atoms with van der Waals surface area (Å²) < 4.78 is 5.51. The van der Waals surface area contributed by atoms with Gasteiger partial charge in [0.1, 0.15) is 5.75 Å². The maximum atomic E-state index is 13.1. The molecule has 2 N–H and O–H groups in total. The van der Waals surface area contributed by atoms with Gasteiger partial charge in [-0.2, -0.15) is 0 Å². The number of para-hydroxylation sites is 1. The summed E-state index contributed by atoms with van der Waals surface area (Å²) in [5.74, 6) is 3.04. The van der Waals surface area contributed by atoms with Gasteiger partial charge in [0.05, 0.1) is 7.11 Å². The van der Waals surface area contributed by atoms with E-state index < -0.39 is 0 Å². The van der Waals surface area contributed by atoms with Crippen LogP contribution in [0.3, 0.4) is 0 Å². The van der Waals surface area contributed by atoms with Crippen LogP contribution in [0, 0.1) is 17.8 Å². The lowest BCUT2D eigenvalue weighted by Crippen LogP contribution is -2.49. The second kappa shape index (κ2) is 6.99. The largest absolute Gasteiger partial charge is 0.496 e. The van der Waals surface area contributed by atoms with Gasteiger partial charge in [0.25, 0.3) is 0 Å². The Morgan fingerprint density at radius 3 is 2.60 bits per heavy atom. The van der Waals surface area contributed by atoms with Crippen molar-refractivity contribution in [3.8, 4) is 5.75 Å². The van der Waals surface area contributed by atoms with E-state index >= 15 is 0 Å². The van der Waals surface area contributed by atoms with E-state index in [1.165, 1.54) is 24.8 Å². The number of benzene rings is 1. The fourth-order valence-electron chi connectivity index (χ4n) is 5.47. The Labute approximate surface area is 150 Å². The topological polar surface area (TPSA) is 55.6 Å². The molecule has 1 aromatic rings. The lowest BCUT2D eigenvalue weighted by atomic mass is 9.65. The predicted molar refractivity (Wildman–Crippen MR) is 98.5 cm³/mol. The van der Waals surface area contributed by atoms with Crippen LogP contribution in [0.4, 0.5) is 0 Å². The molecular weight excluding hydrogens is 312 g/mol. The second-order valence-electron chi connectivity index (χ2n) is 8.21. The first kappa shape index (κ1) is 16.9. The number of likely N-dealkylation sites (tertiary alicyclic amines) is 1. The zero-order valence-electron chi connectivity index (χ0n) is 15.2. The average molecular weight is 342 g/mol. The lowest BCUT2D eigenvalue weighted by Gasteiger charge is -2.44. The maximum Gasteiger partial charge on any atom is 0.225 e. The van der Waals surface area contributed by atoms with Crippen LogP contribution in [0.5, 0.6) is 5.75 Å². The summed E-state index contributed by atoms with van der Waals surface area (Å²) in [4.78, 5) is 15.2. The highest BCUT2D eigenvalue weighted by atomic mass is 16.5. The van der Waals surface area contributed by atoms with Gasteiger partial charge in [-0.1, -0.05) is 24.6 Å². The molecule has 1 aliphatic heterocycles. The molecule has 0 radical (unpaired) electrons. The van der Waals surface area contributed by atoms with Gasteiger partial charge < -0.3 is 15.4 Å². The van der Waals surface area contributed by atoms with E-state index in [-0.39, 0.29) is 5.92 Å². The highest BCUT2D eigenvalue weighted by molar-refractivity contribution is 5.79. The number of ether oxygens (including phenoxy) is 1. The first-order chi connectivity index (χ1) is 12.2. The molecule has 4 heteroatoms. The number of methoxy groups -OCH3 is 1. The van der Waals surface area contributed by atoms with E-state index in [1.54, 1.807) is 7.11 Å². The van der Waals surface area contributed by atoms with E-state index in [2.05, 4.69) is 17.0 Å². The minimum absolute atomic E-state index is 0.200. The van der Waals surface area contributed by atoms with Crippen molar-refractivity contribution in [3.05, 3.63) is 29.8 Å². The third kappa shape index (κ3) is 3.17. The summed E-state index contributed by atoms with van der Waals surface area (Å²) in [5, 5.41) is 0. The number of fused-ring (bicyclic) bond motifs is 2. The number of hydrogen-bond donors (Lipinski definition) is 1. The predicted octanol–water partition coefficient (Wildman–Crippen LogP) is 3.16. The summed E-state index contributed by atoms with van der Waals surface area (Å²) in [6.07, 6.45) is 6.77. The Bertz CT molecular complexity index is 618. The minimum Gasteiger partial charge on any atom is -0.496 e. The number of nitrogens with zero attached hydrogens (tertiary/aromatic N) is 1. The molecule has 3 atom stereocenters. The Balaban J connectivity index is 1.42. The van der Waals surface area contributed by atoms with Crippen molar-refractivity contribution in [1.82, 2.24) is 4.90 Å². The molecule has 1 amide bonds. The Morgan fingerprint density at radius 1 is 1.16 bits per heavy atom. The van der Waals surface area contributed by atoms with Crippen molar-refractivity contribution >= 4 is 5.91 Å². The molecule has 2 saturated carbocycles. The zero-order chi connectivity index (χ0) is 17.4. The Kier molecular flexibility index (Phi) is 4.72. The third-order valence-electron chi connectivity index (χ3n) is 6.84. The van der Waals surface area contributed by atoms with Crippen LogP contribution in [0.2, 0.25) is 0 Å². The maximum absolute atomic E-state index is 13.1. The number of rotatable bonds is 3. The zero-order valence-corrected chi connectivity index (χ0v) is 15.2. The first-order valence-corrected chi connectivity index (χ1v) is 9.84. The quantitative estimate of drug-likeness (QED) is 0.918. The summed E-state index contributed by atoms with van der Waals surface area (Å²) in [6.45, 7) is 1.70. The Morgan fingerprint density at radius 2 is 1.88 bits per heavy atom. The van der Waals surface area contributed by atoms with Crippen molar-refractivity contribution in [1.29, 1.82) is 0 Å². The first-order valence-electron chi connectivity index (χ1n) is 9.84. The van der Waals surface area contributed by atoms with E-state index in [4.69, 9.17) is 10.5 Å². The Hall–Kier alpha value is -1.55. The number of carbonyl (C=O) groups excluding carboxylic acids is 1. The molecule has 1 aromatic carbocycles. The van der Waals surface area contributed by atoms with Gasteiger partial charge in [-0.3, -0.25) is 4.79 Å². The second-order valence-corrected chi connectivity index (χ2v) is 8.21. The standard InChI is InChI=1S/C21H30N2O2/c1-25-19-8-3-2-7-18(19)16-9-10-23(13-16)21(24)17-11-14-5-4-6-15(12-17)20(14)22/h2-3,7-8,14-17,20H,4-6,9-13,22H2,1H3. The summed E-state index contributed by atoms with van der Waals surface area (Å²) in [5.41, 5.74) is 7.63. The highest BCUT2D eigenvalue weighted by Gasteiger charge is 2.42. The van der Waals surface area contributed by atoms with Crippen LogP contribution in [0.1, 0.15) is 50.0 Å². The van der Waals surface area contributed by atoms with Crippen molar-refractivity contribution in [3.63, 3.8) is 0 Å². The van der Waals surface area contributed by atoms with Gasteiger partial charge in [-0.05, 0) is 55.6 Å². The van der Waals surface area contributed by atoms with Crippen LogP contribution in [0.15, 0.2) is 24.3 Å². The summed E-state index contributed by atoms with van der Waals surface area (Å²) in [7, 11) is 1.72. The molecule has 2 aliphatic carbocycles. The van der Waals surface area contributed by atoms with Crippen LogP contribution >= 0.6 is 0 Å². The van der Waals surface area contributed by atoms with Gasteiger partial charge in [0.15, 0.2) is 0 Å². The van der Waals surface area contributed by atoms with Crippen LogP contribution in [0.25, 0.3) is 0 Å². The molecule has 3 fully saturated rings. The molecule has 4 rings (SSSR count). The van der Waals surface area contributed by atoms with E-state index in [9.17, 15) is 4.79 Å². The van der Waals surface area contributed by atoms with Gasteiger partial charge in [0, 0.05) is 31.0 Å². The molecule has 25 heavy (non-hydrogen) atoms. The van der Waals surface area contributed by atoms with Gasteiger partial charge in [-0.25, -0.2) is 0 Å². The normalized spacial score (nSPS) is 34.8. The molecule has 1 heterocycles. The minimum atomic E-state index is 0.200. The molecule has 3 unspecified atom stereocenters. The molecule has 2 bridgehead atoms. The van der Waals surface area contributed by atoms with E-state index in [0.717, 1.165) is 38.1 Å². The van der Waals surface area contributed by atoms with E-state index in [1.807, 2.05) is 12.1 Å². The fourth-order valence-corrected chi connectivity index (χ4v) is 5.47. The summed E-state index contributed by atoms with van der Waals surface area (Å²) >= 11 is 0. The van der Waals surface area contributed by atoms with Crippen LogP contribution < -0.4 is 10.5 Å². The molecule has 3 aliphatic rings. The highest BCUT2D eigenvalue weighted by Crippen LogP contribution is 2.43. The number of amides is 1. The van der Waals surface area contributed by atoms with E-state index in [0.29, 0.717) is 29.7 Å². The van der Waals surface area contributed by atoms with Gasteiger partial charge in [0.2, 0.25) is 5.91 Å². The van der Waals surface area contributed by atoms with Crippen LogP contribution in [-0.2, 0) is 4.79 Å². The monoisotopic (exact) mass is 342 g/mol. The van der Waals surface area contributed by atoms with Gasteiger partial charge in [-0.15, -0.1) is 0 Å². The fraction of sp³-hybridized carbons (Fsp3) is 0.667. The average Bonchev–Trinajstić information content (AvgIpc) is 3.10. The third-order valence-corrected chi connectivity index (χ3v) is 6.84. The van der Waals surface area contributed by atoms with Crippen molar-refractivity contribution in [2.45, 2.75) is 50.5 Å². The molecule has 136 valence electrons. The summed E-state index contributed by atoms with van der Waals surface area (Å²) in [6, 6.07) is 8.55. The number of carbonyl (C=O) groups is 1. The number of hydrogen-bond acceptors (Lipinski definition) is 3. The molecule has 1 saturated heterocycles.